The fourth-order valence-corrected chi connectivity index (χ4v) is 1.33. The van der Waals surface area contributed by atoms with Gasteiger partial charge in [0.15, 0.2) is 0 Å². The van der Waals surface area contributed by atoms with Gasteiger partial charge in [0, 0.05) is 13.7 Å². The van der Waals surface area contributed by atoms with Crippen molar-refractivity contribution >= 4 is 5.91 Å². The first-order valence-corrected chi connectivity index (χ1v) is 4.76. The van der Waals surface area contributed by atoms with Crippen molar-refractivity contribution in [2.75, 3.05) is 20.3 Å². The van der Waals surface area contributed by atoms with Crippen LogP contribution in [0.15, 0.2) is 0 Å². The summed E-state index contributed by atoms with van der Waals surface area (Å²) in [5.41, 5.74) is 5.54. The summed E-state index contributed by atoms with van der Waals surface area (Å²) >= 11 is 0. The molecule has 0 spiro atoms. The van der Waals surface area contributed by atoms with Crippen LogP contribution in [-0.2, 0) is 9.53 Å². The van der Waals surface area contributed by atoms with Gasteiger partial charge in [-0.25, -0.2) is 0 Å². The molecule has 3 N–H and O–H groups in total. The Morgan fingerprint density at radius 2 is 2.38 bits per heavy atom. The van der Waals surface area contributed by atoms with Gasteiger partial charge in [0.25, 0.3) is 0 Å². The van der Waals surface area contributed by atoms with Gasteiger partial charge < -0.3 is 15.8 Å². The molecule has 76 valence electrons. The molecule has 0 saturated heterocycles. The Morgan fingerprint density at radius 1 is 1.69 bits per heavy atom. The van der Waals surface area contributed by atoms with Crippen molar-refractivity contribution in [2.45, 2.75) is 25.3 Å². The summed E-state index contributed by atoms with van der Waals surface area (Å²) in [6, 6.07) is -0.523. The van der Waals surface area contributed by atoms with Crippen LogP contribution in [0.2, 0.25) is 0 Å². The third-order valence-corrected chi connectivity index (χ3v) is 2.47. The monoisotopic (exact) mass is 186 g/mol. The summed E-state index contributed by atoms with van der Waals surface area (Å²) < 4.78 is 4.79. The van der Waals surface area contributed by atoms with Gasteiger partial charge in [0.2, 0.25) is 5.91 Å². The molecule has 4 heteroatoms. The topological polar surface area (TPSA) is 64.3 Å². The number of nitrogens with two attached hydrogens (primary N) is 1. The van der Waals surface area contributed by atoms with Gasteiger partial charge in [-0.05, 0) is 18.8 Å². The molecule has 1 fully saturated rings. The number of carbonyl (C=O) groups is 1. The molecule has 1 atom stereocenters. The van der Waals surface area contributed by atoms with E-state index in [1.165, 1.54) is 19.3 Å². The van der Waals surface area contributed by atoms with Crippen LogP contribution in [0.4, 0.5) is 0 Å². The first-order chi connectivity index (χ1) is 6.24. The van der Waals surface area contributed by atoms with E-state index in [-0.39, 0.29) is 12.5 Å². The Bertz CT molecular complexity index is 169. The second-order valence-electron chi connectivity index (χ2n) is 3.60. The molecular formula is C9H18N2O2. The Labute approximate surface area is 78.8 Å². The fraction of sp³-hybridized carbons (Fsp3) is 0.889. The zero-order chi connectivity index (χ0) is 9.68. The minimum atomic E-state index is -0.523. The third kappa shape index (κ3) is 3.32. The molecule has 0 bridgehead atoms. The van der Waals surface area contributed by atoms with Crippen molar-refractivity contribution in [1.29, 1.82) is 0 Å². The number of nitrogens with one attached hydrogen (secondary N) is 1. The van der Waals surface area contributed by atoms with E-state index in [2.05, 4.69) is 5.32 Å². The lowest BCUT2D eigenvalue weighted by molar-refractivity contribution is -0.123. The number of rotatable bonds is 5. The molecule has 0 heterocycles. The standard InChI is InChI=1S/C9H18N2O2/c1-13-6-8(10)9(12)11-5-7-3-2-4-7/h7-8H,2-6,10H2,1H3,(H,11,12). The summed E-state index contributed by atoms with van der Waals surface area (Å²) in [6.07, 6.45) is 3.77. The van der Waals surface area contributed by atoms with Crippen LogP contribution >= 0.6 is 0 Å². The van der Waals surface area contributed by atoms with Crippen molar-refractivity contribution in [3.63, 3.8) is 0 Å². The minimum Gasteiger partial charge on any atom is -0.383 e. The Balaban J connectivity index is 2.08. The largest absolute Gasteiger partial charge is 0.383 e. The molecule has 1 rings (SSSR count). The van der Waals surface area contributed by atoms with Crippen LogP contribution in [0.1, 0.15) is 19.3 Å². The highest BCUT2D eigenvalue weighted by atomic mass is 16.5. The maximum atomic E-state index is 11.3. The molecule has 0 aliphatic heterocycles. The third-order valence-electron chi connectivity index (χ3n) is 2.47. The van der Waals surface area contributed by atoms with Gasteiger partial charge in [-0.1, -0.05) is 6.42 Å². The number of carbonyl (C=O) groups excluding carboxylic acids is 1. The lowest BCUT2D eigenvalue weighted by Crippen LogP contribution is -2.45. The first kappa shape index (κ1) is 10.5. The van der Waals surface area contributed by atoms with Gasteiger partial charge in [-0.15, -0.1) is 0 Å². The zero-order valence-corrected chi connectivity index (χ0v) is 8.08. The number of hydrogen-bond donors (Lipinski definition) is 2. The lowest BCUT2D eigenvalue weighted by Gasteiger charge is -2.25. The molecule has 1 saturated carbocycles. The van der Waals surface area contributed by atoms with E-state index in [4.69, 9.17) is 10.5 Å². The first-order valence-electron chi connectivity index (χ1n) is 4.76. The van der Waals surface area contributed by atoms with Crippen LogP contribution in [-0.4, -0.2) is 32.2 Å². The van der Waals surface area contributed by atoms with Crippen LogP contribution in [0.25, 0.3) is 0 Å². The van der Waals surface area contributed by atoms with Crippen molar-refractivity contribution in [3.05, 3.63) is 0 Å². The molecule has 1 amide bonds. The smallest absolute Gasteiger partial charge is 0.239 e. The van der Waals surface area contributed by atoms with Gasteiger partial charge in [-0.2, -0.15) is 0 Å². The second kappa shape index (κ2) is 5.19. The second-order valence-corrected chi connectivity index (χ2v) is 3.60. The summed E-state index contributed by atoms with van der Waals surface area (Å²) in [4.78, 5) is 11.3. The number of methoxy groups -OCH3 is 1. The predicted molar refractivity (Wildman–Crippen MR) is 50.2 cm³/mol. The molecule has 1 aliphatic rings. The van der Waals surface area contributed by atoms with E-state index in [0.717, 1.165) is 6.54 Å². The Morgan fingerprint density at radius 3 is 2.85 bits per heavy atom. The molecule has 0 aromatic carbocycles. The minimum absolute atomic E-state index is 0.103. The highest BCUT2D eigenvalue weighted by Crippen LogP contribution is 2.24. The van der Waals surface area contributed by atoms with Gasteiger partial charge in [0.05, 0.1) is 6.61 Å². The van der Waals surface area contributed by atoms with Crippen LogP contribution < -0.4 is 11.1 Å². The molecule has 0 radical (unpaired) electrons. The molecular weight excluding hydrogens is 168 g/mol. The normalized spacial score (nSPS) is 19.2. The highest BCUT2D eigenvalue weighted by molar-refractivity contribution is 5.81. The van der Waals surface area contributed by atoms with E-state index in [9.17, 15) is 4.79 Å². The highest BCUT2D eigenvalue weighted by Gasteiger charge is 2.19. The van der Waals surface area contributed by atoms with Crippen molar-refractivity contribution in [3.8, 4) is 0 Å². The van der Waals surface area contributed by atoms with E-state index < -0.39 is 6.04 Å². The van der Waals surface area contributed by atoms with E-state index in [0.29, 0.717) is 5.92 Å². The molecule has 1 unspecified atom stereocenters. The SMILES string of the molecule is COCC(N)C(=O)NCC1CCC1. The average molecular weight is 186 g/mol. The summed E-state index contributed by atoms with van der Waals surface area (Å²) in [5, 5.41) is 2.83. The van der Waals surface area contributed by atoms with E-state index >= 15 is 0 Å². The molecule has 4 nitrogen and oxygen atoms in total. The fourth-order valence-electron chi connectivity index (χ4n) is 1.33. The Kier molecular flexibility index (Phi) is 4.18. The molecule has 1 aliphatic carbocycles. The van der Waals surface area contributed by atoms with Gasteiger partial charge >= 0.3 is 0 Å². The van der Waals surface area contributed by atoms with Crippen LogP contribution in [0.3, 0.4) is 0 Å². The Hall–Kier alpha value is -0.610. The summed E-state index contributed by atoms with van der Waals surface area (Å²) in [5.74, 6) is 0.576. The quantitative estimate of drug-likeness (QED) is 0.629. The number of amides is 1. The van der Waals surface area contributed by atoms with Crippen molar-refractivity contribution < 1.29 is 9.53 Å². The van der Waals surface area contributed by atoms with E-state index in [1.807, 2.05) is 0 Å². The van der Waals surface area contributed by atoms with Crippen molar-refractivity contribution in [1.82, 2.24) is 5.32 Å². The summed E-state index contributed by atoms with van der Waals surface area (Å²) in [7, 11) is 1.54. The molecule has 13 heavy (non-hydrogen) atoms. The molecule has 0 aromatic rings. The molecule has 0 aromatic heterocycles. The van der Waals surface area contributed by atoms with Gasteiger partial charge in [0.1, 0.15) is 6.04 Å². The zero-order valence-electron chi connectivity index (χ0n) is 8.08. The lowest BCUT2D eigenvalue weighted by atomic mass is 9.85. The van der Waals surface area contributed by atoms with Gasteiger partial charge in [-0.3, -0.25) is 4.79 Å². The summed E-state index contributed by atoms with van der Waals surface area (Å²) in [6.45, 7) is 1.06. The number of hydrogen-bond acceptors (Lipinski definition) is 3. The van der Waals surface area contributed by atoms with E-state index in [1.54, 1.807) is 7.11 Å². The average Bonchev–Trinajstić information content (AvgIpc) is 2.01. The number of ether oxygens (including phenoxy) is 1. The maximum Gasteiger partial charge on any atom is 0.239 e. The van der Waals surface area contributed by atoms with Crippen LogP contribution in [0, 0.1) is 5.92 Å². The predicted octanol–water partition coefficient (Wildman–Crippen LogP) is -0.124. The van der Waals surface area contributed by atoms with Crippen molar-refractivity contribution in [2.24, 2.45) is 11.7 Å². The van der Waals surface area contributed by atoms with Crippen LogP contribution in [0.5, 0.6) is 0 Å². The maximum absolute atomic E-state index is 11.3.